The molecule has 0 heterocycles. The first kappa shape index (κ1) is 15.8. The molecule has 0 aromatic heterocycles. The van der Waals surface area contributed by atoms with Gasteiger partial charge >= 0.3 is 0 Å². The minimum absolute atomic E-state index is 0.00519. The van der Waals surface area contributed by atoms with Gasteiger partial charge in [0.15, 0.2) is 0 Å². The highest BCUT2D eigenvalue weighted by molar-refractivity contribution is 6.33. The molecule has 0 saturated carbocycles. The SMILES string of the molecule is CCCN(CCN(C)C)C(=O)c1ccc(N)c(Cl)c1. The summed E-state index contributed by atoms with van der Waals surface area (Å²) in [5.41, 5.74) is 6.74. The van der Waals surface area contributed by atoms with Crippen molar-refractivity contribution in [2.75, 3.05) is 39.5 Å². The summed E-state index contributed by atoms with van der Waals surface area (Å²) in [6.45, 7) is 4.36. The van der Waals surface area contributed by atoms with E-state index in [-0.39, 0.29) is 5.91 Å². The topological polar surface area (TPSA) is 49.6 Å². The van der Waals surface area contributed by atoms with Gasteiger partial charge in [-0.3, -0.25) is 4.79 Å². The Labute approximate surface area is 120 Å². The third-order valence-electron chi connectivity index (χ3n) is 2.85. The van der Waals surface area contributed by atoms with Gasteiger partial charge in [-0.25, -0.2) is 0 Å². The summed E-state index contributed by atoms with van der Waals surface area (Å²) < 4.78 is 0. The van der Waals surface area contributed by atoms with E-state index in [2.05, 4.69) is 11.8 Å². The lowest BCUT2D eigenvalue weighted by atomic mass is 10.1. The van der Waals surface area contributed by atoms with Crippen molar-refractivity contribution in [2.45, 2.75) is 13.3 Å². The van der Waals surface area contributed by atoms with E-state index in [1.54, 1.807) is 18.2 Å². The van der Waals surface area contributed by atoms with E-state index in [0.29, 0.717) is 22.8 Å². The number of rotatable bonds is 6. The summed E-state index contributed by atoms with van der Waals surface area (Å²) in [5.74, 6) is 0.00519. The third kappa shape index (κ3) is 4.73. The quantitative estimate of drug-likeness (QED) is 0.815. The molecule has 19 heavy (non-hydrogen) atoms. The number of likely N-dealkylation sites (N-methyl/N-ethyl adjacent to an activating group) is 1. The van der Waals surface area contributed by atoms with E-state index >= 15 is 0 Å². The summed E-state index contributed by atoms with van der Waals surface area (Å²) in [5, 5.41) is 0.426. The van der Waals surface area contributed by atoms with Crippen molar-refractivity contribution in [2.24, 2.45) is 0 Å². The maximum atomic E-state index is 12.4. The van der Waals surface area contributed by atoms with Crippen LogP contribution < -0.4 is 5.73 Å². The number of nitrogens with zero attached hydrogens (tertiary/aromatic N) is 2. The first-order chi connectivity index (χ1) is 8.95. The number of halogens is 1. The second kappa shape index (κ2) is 7.36. The number of nitrogen functional groups attached to an aromatic ring is 1. The summed E-state index contributed by atoms with van der Waals surface area (Å²) in [4.78, 5) is 16.3. The fourth-order valence-electron chi connectivity index (χ4n) is 1.75. The van der Waals surface area contributed by atoms with Crippen LogP contribution in [0.15, 0.2) is 18.2 Å². The molecule has 1 aromatic carbocycles. The van der Waals surface area contributed by atoms with Crippen molar-refractivity contribution < 1.29 is 4.79 Å². The highest BCUT2D eigenvalue weighted by atomic mass is 35.5. The number of benzene rings is 1. The molecule has 106 valence electrons. The van der Waals surface area contributed by atoms with Crippen LogP contribution in [0, 0.1) is 0 Å². The van der Waals surface area contributed by atoms with Crippen LogP contribution in [0.4, 0.5) is 5.69 Å². The molecule has 0 fully saturated rings. The maximum Gasteiger partial charge on any atom is 0.253 e. The van der Waals surface area contributed by atoms with E-state index in [9.17, 15) is 4.79 Å². The standard InChI is InChI=1S/C14H22ClN3O/c1-4-7-18(9-8-17(2)3)14(19)11-5-6-13(16)12(15)10-11/h5-6,10H,4,7-9,16H2,1-3H3. The van der Waals surface area contributed by atoms with Gasteiger partial charge in [0.25, 0.3) is 5.91 Å². The number of anilines is 1. The van der Waals surface area contributed by atoms with Crippen molar-refractivity contribution in [1.29, 1.82) is 0 Å². The number of carbonyl (C=O) groups is 1. The van der Waals surface area contributed by atoms with Gasteiger partial charge in [-0.05, 0) is 38.7 Å². The first-order valence-corrected chi connectivity index (χ1v) is 6.82. The Bertz CT molecular complexity index is 435. The molecule has 1 rings (SSSR count). The minimum Gasteiger partial charge on any atom is -0.398 e. The highest BCUT2D eigenvalue weighted by Gasteiger charge is 2.15. The van der Waals surface area contributed by atoms with Gasteiger partial charge in [-0.2, -0.15) is 0 Å². The molecular weight excluding hydrogens is 262 g/mol. The van der Waals surface area contributed by atoms with E-state index < -0.39 is 0 Å². The van der Waals surface area contributed by atoms with Crippen LogP contribution in [-0.4, -0.2) is 49.4 Å². The number of nitrogens with two attached hydrogens (primary N) is 1. The highest BCUT2D eigenvalue weighted by Crippen LogP contribution is 2.20. The van der Waals surface area contributed by atoms with E-state index in [1.807, 2.05) is 19.0 Å². The predicted molar refractivity (Wildman–Crippen MR) is 80.6 cm³/mol. The third-order valence-corrected chi connectivity index (χ3v) is 3.17. The Morgan fingerprint density at radius 3 is 2.47 bits per heavy atom. The monoisotopic (exact) mass is 283 g/mol. The van der Waals surface area contributed by atoms with Gasteiger partial charge in [0.2, 0.25) is 0 Å². The van der Waals surface area contributed by atoms with Gasteiger partial charge < -0.3 is 15.5 Å². The molecule has 0 bridgehead atoms. The van der Waals surface area contributed by atoms with Crippen molar-refractivity contribution in [3.8, 4) is 0 Å². The molecule has 0 aliphatic heterocycles. The first-order valence-electron chi connectivity index (χ1n) is 6.44. The molecule has 1 amide bonds. The van der Waals surface area contributed by atoms with Crippen molar-refractivity contribution in [3.63, 3.8) is 0 Å². The van der Waals surface area contributed by atoms with Crippen LogP contribution in [0.5, 0.6) is 0 Å². The Balaban J connectivity index is 2.82. The second-order valence-corrected chi connectivity index (χ2v) is 5.24. The normalized spacial score (nSPS) is 10.8. The smallest absolute Gasteiger partial charge is 0.253 e. The fraction of sp³-hybridized carbons (Fsp3) is 0.500. The van der Waals surface area contributed by atoms with Crippen LogP contribution in [0.3, 0.4) is 0 Å². The van der Waals surface area contributed by atoms with Crippen LogP contribution in [-0.2, 0) is 0 Å². The number of hydrogen-bond donors (Lipinski definition) is 1. The van der Waals surface area contributed by atoms with Crippen LogP contribution in [0.2, 0.25) is 5.02 Å². The molecule has 0 aliphatic carbocycles. The Morgan fingerprint density at radius 2 is 1.95 bits per heavy atom. The molecule has 0 spiro atoms. The van der Waals surface area contributed by atoms with Gasteiger partial charge in [0, 0.05) is 25.2 Å². The zero-order valence-electron chi connectivity index (χ0n) is 11.8. The summed E-state index contributed by atoms with van der Waals surface area (Å²) in [6, 6.07) is 5.03. The Kier molecular flexibility index (Phi) is 6.12. The molecule has 2 N–H and O–H groups in total. The zero-order valence-corrected chi connectivity index (χ0v) is 12.6. The van der Waals surface area contributed by atoms with Crippen LogP contribution >= 0.6 is 11.6 Å². The van der Waals surface area contributed by atoms with Gasteiger partial charge in [-0.1, -0.05) is 18.5 Å². The Morgan fingerprint density at radius 1 is 1.26 bits per heavy atom. The van der Waals surface area contributed by atoms with E-state index in [0.717, 1.165) is 19.5 Å². The van der Waals surface area contributed by atoms with Gasteiger partial charge in [0.05, 0.1) is 10.7 Å². The molecule has 0 atom stereocenters. The van der Waals surface area contributed by atoms with Gasteiger partial charge in [-0.15, -0.1) is 0 Å². The number of carbonyl (C=O) groups excluding carboxylic acids is 1. The van der Waals surface area contributed by atoms with Crippen LogP contribution in [0.1, 0.15) is 23.7 Å². The summed E-state index contributed by atoms with van der Waals surface area (Å²) in [6.07, 6.45) is 0.932. The lowest BCUT2D eigenvalue weighted by Gasteiger charge is -2.24. The van der Waals surface area contributed by atoms with Crippen molar-refractivity contribution in [3.05, 3.63) is 28.8 Å². The van der Waals surface area contributed by atoms with Crippen molar-refractivity contribution in [1.82, 2.24) is 9.80 Å². The second-order valence-electron chi connectivity index (χ2n) is 4.83. The zero-order chi connectivity index (χ0) is 14.4. The molecule has 0 unspecified atom stereocenters. The molecule has 0 saturated heterocycles. The van der Waals surface area contributed by atoms with Crippen molar-refractivity contribution >= 4 is 23.2 Å². The largest absolute Gasteiger partial charge is 0.398 e. The van der Waals surface area contributed by atoms with E-state index in [1.165, 1.54) is 0 Å². The molecule has 0 aliphatic rings. The fourth-order valence-corrected chi connectivity index (χ4v) is 1.93. The number of hydrogen-bond acceptors (Lipinski definition) is 3. The lowest BCUT2D eigenvalue weighted by Crippen LogP contribution is -2.37. The van der Waals surface area contributed by atoms with Gasteiger partial charge in [0.1, 0.15) is 0 Å². The maximum absolute atomic E-state index is 12.4. The molecule has 5 heteroatoms. The molecule has 4 nitrogen and oxygen atoms in total. The summed E-state index contributed by atoms with van der Waals surface area (Å²) >= 11 is 5.96. The minimum atomic E-state index is 0.00519. The van der Waals surface area contributed by atoms with Crippen LogP contribution in [0.25, 0.3) is 0 Å². The number of amides is 1. The van der Waals surface area contributed by atoms with E-state index in [4.69, 9.17) is 17.3 Å². The molecule has 0 radical (unpaired) electrons. The molecular formula is C14H22ClN3O. The predicted octanol–water partition coefficient (Wildman–Crippen LogP) is 2.34. The average molecular weight is 284 g/mol. The lowest BCUT2D eigenvalue weighted by molar-refractivity contribution is 0.0745. The summed E-state index contributed by atoms with van der Waals surface area (Å²) in [7, 11) is 3.99. The average Bonchev–Trinajstić information content (AvgIpc) is 2.36. The Hall–Kier alpha value is -1.26. The molecule has 1 aromatic rings.